The number of nitrogens with two attached hydrogens (primary N) is 1. The predicted octanol–water partition coefficient (Wildman–Crippen LogP) is 2.41. The third kappa shape index (κ3) is 5.05. The van der Waals surface area contributed by atoms with Gasteiger partial charge in [-0.1, -0.05) is 33.3 Å². The molecule has 3 N–H and O–H groups in total. The summed E-state index contributed by atoms with van der Waals surface area (Å²) in [7, 11) is 0. The summed E-state index contributed by atoms with van der Waals surface area (Å²) in [6, 6.07) is 4.50. The van der Waals surface area contributed by atoms with Crippen LogP contribution in [0.4, 0.5) is 21.6 Å². The molecule has 184 valence electrons. The molecule has 1 aliphatic rings. The number of aromatic amines is 1. The highest BCUT2D eigenvalue weighted by Gasteiger charge is 2.39. The Morgan fingerprint density at radius 3 is 2.62 bits per heavy atom. The minimum absolute atomic E-state index is 0.0156. The van der Waals surface area contributed by atoms with Crippen LogP contribution in [0.3, 0.4) is 0 Å². The molecular weight excluding hydrogens is 441 g/mol. The predicted molar refractivity (Wildman–Crippen MR) is 129 cm³/mol. The molecule has 1 fully saturated rings. The first-order valence-corrected chi connectivity index (χ1v) is 11.6. The molecule has 3 rings (SSSR count). The van der Waals surface area contributed by atoms with Crippen molar-refractivity contribution in [3.05, 3.63) is 50.4 Å². The second-order valence-corrected chi connectivity index (χ2v) is 9.18. The minimum Gasteiger partial charge on any atom is -0.383 e. The standard InChI is InChI=1S/C24H32FN5O4/c1-5-6-9-28-21(26)20(22(32)27-24(28)34)30(12-14(2)3)23(33)16-10-19(31)29(13-16)17-8-7-15(4)18(25)11-17/h7-8,11,14,16H,5-6,9-10,12-13,26H2,1-4H3,(H,27,32,34)/t16-/m0/s1. The van der Waals surface area contributed by atoms with E-state index in [2.05, 4.69) is 4.98 Å². The van der Waals surface area contributed by atoms with Crippen LogP contribution < -0.4 is 26.8 Å². The normalized spacial score (nSPS) is 15.9. The Bertz CT molecular complexity index is 1200. The Balaban J connectivity index is 1.97. The average molecular weight is 474 g/mol. The lowest BCUT2D eigenvalue weighted by Gasteiger charge is -2.28. The maximum absolute atomic E-state index is 14.1. The molecule has 2 heterocycles. The van der Waals surface area contributed by atoms with E-state index in [1.54, 1.807) is 19.1 Å². The van der Waals surface area contributed by atoms with Crippen LogP contribution in [0.2, 0.25) is 0 Å². The number of aryl methyl sites for hydroxylation is 1. The van der Waals surface area contributed by atoms with Gasteiger partial charge in [0, 0.05) is 31.7 Å². The van der Waals surface area contributed by atoms with Gasteiger partial charge in [-0.15, -0.1) is 0 Å². The molecule has 0 spiro atoms. The van der Waals surface area contributed by atoms with Gasteiger partial charge in [-0.2, -0.15) is 0 Å². The molecule has 0 unspecified atom stereocenters. The van der Waals surface area contributed by atoms with E-state index in [-0.39, 0.29) is 42.8 Å². The lowest BCUT2D eigenvalue weighted by Crippen LogP contribution is -2.45. The molecule has 0 saturated carbocycles. The maximum Gasteiger partial charge on any atom is 0.330 e. The number of H-pyrrole nitrogens is 1. The van der Waals surface area contributed by atoms with Crippen LogP contribution in [0.25, 0.3) is 0 Å². The number of benzene rings is 1. The Labute approximate surface area is 197 Å². The van der Waals surface area contributed by atoms with Crippen molar-refractivity contribution in [3.63, 3.8) is 0 Å². The molecule has 10 heteroatoms. The second kappa shape index (κ2) is 10.2. The van der Waals surface area contributed by atoms with Crippen LogP contribution in [0.15, 0.2) is 27.8 Å². The molecule has 1 aliphatic heterocycles. The smallest absolute Gasteiger partial charge is 0.330 e. The van der Waals surface area contributed by atoms with Gasteiger partial charge in [-0.25, -0.2) is 9.18 Å². The summed E-state index contributed by atoms with van der Waals surface area (Å²) in [5.74, 6) is -2.01. The molecular formula is C24H32FN5O4. The minimum atomic E-state index is -0.745. The summed E-state index contributed by atoms with van der Waals surface area (Å²) < 4.78 is 15.3. The van der Waals surface area contributed by atoms with E-state index >= 15 is 0 Å². The number of hydrogen-bond acceptors (Lipinski definition) is 5. The van der Waals surface area contributed by atoms with Crippen molar-refractivity contribution in [1.82, 2.24) is 9.55 Å². The molecule has 2 amide bonds. The van der Waals surface area contributed by atoms with E-state index in [0.29, 0.717) is 24.2 Å². The van der Waals surface area contributed by atoms with Crippen molar-refractivity contribution in [1.29, 1.82) is 0 Å². The highest BCUT2D eigenvalue weighted by atomic mass is 19.1. The number of halogens is 1. The summed E-state index contributed by atoms with van der Waals surface area (Å²) in [6.07, 6.45) is 1.41. The average Bonchev–Trinajstić information content (AvgIpc) is 3.15. The number of nitrogens with zero attached hydrogens (tertiary/aromatic N) is 3. The zero-order valence-electron chi connectivity index (χ0n) is 20.1. The zero-order chi connectivity index (χ0) is 25.2. The van der Waals surface area contributed by atoms with Crippen LogP contribution in [0.1, 0.15) is 45.6 Å². The maximum atomic E-state index is 14.1. The van der Waals surface area contributed by atoms with E-state index in [9.17, 15) is 23.6 Å². The van der Waals surface area contributed by atoms with Gasteiger partial charge in [0.05, 0.1) is 5.92 Å². The number of amides is 2. The number of rotatable bonds is 8. The van der Waals surface area contributed by atoms with Gasteiger partial charge in [0.1, 0.15) is 11.6 Å². The number of unbranched alkanes of at least 4 members (excludes halogenated alkanes) is 1. The highest BCUT2D eigenvalue weighted by Crippen LogP contribution is 2.30. The van der Waals surface area contributed by atoms with Gasteiger partial charge < -0.3 is 15.5 Å². The van der Waals surface area contributed by atoms with E-state index in [1.165, 1.54) is 20.4 Å². The van der Waals surface area contributed by atoms with Gasteiger partial charge in [-0.05, 0) is 37.0 Å². The number of carbonyl (C=O) groups is 2. The van der Waals surface area contributed by atoms with Gasteiger partial charge in [0.25, 0.3) is 5.56 Å². The highest BCUT2D eigenvalue weighted by molar-refractivity contribution is 6.05. The monoisotopic (exact) mass is 473 g/mol. The summed E-state index contributed by atoms with van der Waals surface area (Å²) in [4.78, 5) is 56.4. The molecule has 0 aliphatic carbocycles. The SMILES string of the molecule is CCCCn1c(N)c(N(CC(C)C)C(=O)[C@H]2CC(=O)N(c3ccc(C)c(F)c3)C2)c(=O)[nH]c1=O. The van der Waals surface area contributed by atoms with Crippen LogP contribution in [-0.4, -0.2) is 34.5 Å². The van der Waals surface area contributed by atoms with E-state index in [0.717, 1.165) is 6.42 Å². The quantitative estimate of drug-likeness (QED) is 0.610. The molecule has 0 bridgehead atoms. The Hall–Kier alpha value is -3.43. The van der Waals surface area contributed by atoms with Crippen molar-refractivity contribution < 1.29 is 14.0 Å². The second-order valence-electron chi connectivity index (χ2n) is 9.18. The molecule has 1 atom stereocenters. The molecule has 1 aromatic carbocycles. The molecule has 34 heavy (non-hydrogen) atoms. The van der Waals surface area contributed by atoms with Gasteiger partial charge in [0.15, 0.2) is 5.69 Å². The molecule has 2 aromatic rings. The molecule has 1 aromatic heterocycles. The van der Waals surface area contributed by atoms with Gasteiger partial charge in [-0.3, -0.25) is 23.9 Å². The van der Waals surface area contributed by atoms with Crippen molar-refractivity contribution in [3.8, 4) is 0 Å². The van der Waals surface area contributed by atoms with Crippen molar-refractivity contribution in [2.24, 2.45) is 11.8 Å². The van der Waals surface area contributed by atoms with Crippen molar-refractivity contribution in [2.75, 3.05) is 28.6 Å². The van der Waals surface area contributed by atoms with Crippen LogP contribution in [0, 0.1) is 24.6 Å². The number of anilines is 3. The number of nitrogens with one attached hydrogen (secondary N) is 1. The zero-order valence-corrected chi connectivity index (χ0v) is 20.1. The third-order valence-corrected chi connectivity index (χ3v) is 5.97. The molecule has 0 radical (unpaired) electrons. The number of hydrogen-bond donors (Lipinski definition) is 2. The Morgan fingerprint density at radius 2 is 2.00 bits per heavy atom. The van der Waals surface area contributed by atoms with Crippen LogP contribution in [-0.2, 0) is 16.1 Å². The fourth-order valence-corrected chi connectivity index (χ4v) is 4.13. The van der Waals surface area contributed by atoms with Gasteiger partial charge >= 0.3 is 5.69 Å². The van der Waals surface area contributed by atoms with E-state index in [4.69, 9.17) is 5.73 Å². The lowest BCUT2D eigenvalue weighted by molar-refractivity contribution is -0.124. The number of aromatic nitrogens is 2. The third-order valence-electron chi connectivity index (χ3n) is 5.97. The number of carbonyl (C=O) groups excluding carboxylic acids is 2. The lowest BCUT2D eigenvalue weighted by atomic mass is 10.1. The Kier molecular flexibility index (Phi) is 7.58. The van der Waals surface area contributed by atoms with E-state index in [1.807, 2.05) is 20.8 Å². The summed E-state index contributed by atoms with van der Waals surface area (Å²) in [5, 5.41) is 0. The first-order chi connectivity index (χ1) is 16.0. The molecule has 1 saturated heterocycles. The Morgan fingerprint density at radius 1 is 1.29 bits per heavy atom. The van der Waals surface area contributed by atoms with Crippen LogP contribution in [0.5, 0.6) is 0 Å². The summed E-state index contributed by atoms with van der Waals surface area (Å²) in [5.41, 5.74) is 5.63. The fourth-order valence-electron chi connectivity index (χ4n) is 4.13. The first-order valence-electron chi connectivity index (χ1n) is 11.6. The van der Waals surface area contributed by atoms with Gasteiger partial charge in [0.2, 0.25) is 11.8 Å². The number of nitrogen functional groups attached to an aromatic ring is 1. The fraction of sp³-hybridized carbons (Fsp3) is 0.500. The largest absolute Gasteiger partial charge is 0.383 e. The van der Waals surface area contributed by atoms with Crippen molar-refractivity contribution in [2.45, 2.75) is 53.5 Å². The van der Waals surface area contributed by atoms with Crippen molar-refractivity contribution >= 4 is 29.0 Å². The summed E-state index contributed by atoms with van der Waals surface area (Å²) in [6.45, 7) is 7.92. The van der Waals surface area contributed by atoms with E-state index < -0.39 is 28.9 Å². The topological polar surface area (TPSA) is 121 Å². The van der Waals surface area contributed by atoms with Crippen LogP contribution >= 0.6 is 0 Å². The molecule has 9 nitrogen and oxygen atoms in total. The summed E-state index contributed by atoms with van der Waals surface area (Å²) >= 11 is 0. The first kappa shape index (κ1) is 25.2.